The molecule has 3 heteroatoms. The predicted molar refractivity (Wildman–Crippen MR) is 42.9 cm³/mol. The van der Waals surface area contributed by atoms with Gasteiger partial charge in [0.05, 0.1) is 6.10 Å². The van der Waals surface area contributed by atoms with Crippen LogP contribution in [0.1, 0.15) is 13.8 Å². The van der Waals surface area contributed by atoms with Crippen molar-refractivity contribution in [3.05, 3.63) is 0 Å². The van der Waals surface area contributed by atoms with Gasteiger partial charge < -0.3 is 5.11 Å². The normalized spacial score (nSPS) is 22.1. The lowest BCUT2D eigenvalue weighted by Gasteiger charge is -2.15. The molecule has 2 atom stereocenters. The van der Waals surface area contributed by atoms with E-state index in [1.54, 1.807) is 0 Å². The summed E-state index contributed by atoms with van der Waals surface area (Å²) < 4.78 is 0. The Morgan fingerprint density at radius 1 is 1.12 bits per heavy atom. The Kier molecular flexibility index (Phi) is 3.94. The van der Waals surface area contributed by atoms with Crippen molar-refractivity contribution in [3.8, 4) is 0 Å². The molecule has 0 aromatic rings. The van der Waals surface area contributed by atoms with Crippen LogP contribution in [0, 0.1) is 0 Å². The number of thiol groups is 2. The van der Waals surface area contributed by atoms with Gasteiger partial charge in [0.25, 0.3) is 0 Å². The predicted octanol–water partition coefficient (Wildman–Crippen LogP) is 0.984. The molecule has 0 amide bonds. The summed E-state index contributed by atoms with van der Waals surface area (Å²) in [5.41, 5.74) is 0. The topological polar surface area (TPSA) is 20.2 Å². The fourth-order valence-corrected chi connectivity index (χ4v) is 1.06. The summed E-state index contributed by atoms with van der Waals surface area (Å²) in [7, 11) is 0. The molecule has 8 heavy (non-hydrogen) atoms. The number of hydrogen-bond acceptors (Lipinski definition) is 3. The van der Waals surface area contributed by atoms with Crippen LogP contribution in [0.4, 0.5) is 0 Å². The van der Waals surface area contributed by atoms with E-state index in [-0.39, 0.29) is 10.5 Å². The molecule has 0 saturated heterocycles. The van der Waals surface area contributed by atoms with Crippen LogP contribution in [0.2, 0.25) is 0 Å². The van der Waals surface area contributed by atoms with Crippen molar-refractivity contribution >= 4 is 25.3 Å². The van der Waals surface area contributed by atoms with Gasteiger partial charge in [0.1, 0.15) is 0 Å². The highest BCUT2D eigenvalue weighted by molar-refractivity contribution is 7.82. The second kappa shape index (κ2) is 3.64. The van der Waals surface area contributed by atoms with Crippen LogP contribution in [-0.2, 0) is 0 Å². The molecule has 0 radical (unpaired) electrons. The molecule has 0 aliphatic rings. The third-order valence-electron chi connectivity index (χ3n) is 0.989. The summed E-state index contributed by atoms with van der Waals surface area (Å²) in [6.45, 7) is 3.70. The summed E-state index contributed by atoms with van der Waals surface area (Å²) in [6.07, 6.45) is -0.401. The van der Waals surface area contributed by atoms with Crippen molar-refractivity contribution in [1.29, 1.82) is 0 Å². The molecular weight excluding hydrogens is 140 g/mol. The molecule has 0 aromatic carbocycles. The van der Waals surface area contributed by atoms with Crippen LogP contribution in [-0.4, -0.2) is 21.7 Å². The van der Waals surface area contributed by atoms with E-state index in [1.165, 1.54) is 0 Å². The average molecular weight is 152 g/mol. The summed E-state index contributed by atoms with van der Waals surface area (Å²) in [5, 5.41) is 9.08. The lowest BCUT2D eigenvalue weighted by Crippen LogP contribution is -2.26. The molecule has 0 aromatic heterocycles. The minimum absolute atomic E-state index is 0.0162. The van der Waals surface area contributed by atoms with Gasteiger partial charge in [-0.15, -0.1) is 0 Å². The Balaban J connectivity index is 3.46. The maximum absolute atomic E-state index is 9.05. The van der Waals surface area contributed by atoms with Gasteiger partial charge in [0.15, 0.2) is 0 Å². The molecule has 2 unspecified atom stereocenters. The van der Waals surface area contributed by atoms with Crippen LogP contribution < -0.4 is 0 Å². The Morgan fingerprint density at radius 3 is 1.38 bits per heavy atom. The minimum atomic E-state index is -0.401. The highest BCUT2D eigenvalue weighted by Gasteiger charge is 2.13. The van der Waals surface area contributed by atoms with Crippen molar-refractivity contribution in [2.75, 3.05) is 0 Å². The largest absolute Gasteiger partial charge is 0.391 e. The molecule has 0 fully saturated rings. The van der Waals surface area contributed by atoms with Crippen LogP contribution in [0.3, 0.4) is 0 Å². The van der Waals surface area contributed by atoms with Crippen LogP contribution in [0.15, 0.2) is 0 Å². The first kappa shape index (κ1) is 8.66. The Bertz CT molecular complexity index is 55.4. The van der Waals surface area contributed by atoms with Crippen LogP contribution >= 0.6 is 25.3 Å². The highest BCUT2D eigenvalue weighted by Crippen LogP contribution is 2.09. The van der Waals surface area contributed by atoms with Crippen molar-refractivity contribution in [2.45, 2.75) is 30.5 Å². The monoisotopic (exact) mass is 152 g/mol. The minimum Gasteiger partial charge on any atom is -0.391 e. The standard InChI is InChI=1S/C5H12OS2/c1-3(7)5(6)4(2)8/h3-8H,1-2H3. The Labute approximate surface area is 61.3 Å². The summed E-state index contributed by atoms with van der Waals surface area (Å²) in [5.74, 6) is 0. The van der Waals surface area contributed by atoms with Gasteiger partial charge in [-0.25, -0.2) is 0 Å². The lowest BCUT2D eigenvalue weighted by atomic mass is 10.2. The molecular formula is C5H12OS2. The van der Waals surface area contributed by atoms with Gasteiger partial charge in [0.2, 0.25) is 0 Å². The van der Waals surface area contributed by atoms with E-state index in [1.807, 2.05) is 13.8 Å². The Morgan fingerprint density at radius 2 is 1.38 bits per heavy atom. The number of aliphatic hydroxyl groups is 1. The van der Waals surface area contributed by atoms with E-state index in [4.69, 9.17) is 5.11 Å². The fraction of sp³-hybridized carbons (Fsp3) is 1.00. The molecule has 0 rings (SSSR count). The third kappa shape index (κ3) is 2.84. The molecule has 0 bridgehead atoms. The first-order chi connectivity index (χ1) is 3.55. The molecule has 50 valence electrons. The van der Waals surface area contributed by atoms with Gasteiger partial charge in [-0.05, 0) is 0 Å². The van der Waals surface area contributed by atoms with E-state index in [2.05, 4.69) is 25.3 Å². The van der Waals surface area contributed by atoms with Crippen molar-refractivity contribution < 1.29 is 5.11 Å². The SMILES string of the molecule is CC(S)C(O)C(C)S. The second-order valence-electron chi connectivity index (χ2n) is 1.97. The highest BCUT2D eigenvalue weighted by atomic mass is 32.1. The molecule has 0 spiro atoms. The van der Waals surface area contributed by atoms with Gasteiger partial charge in [0, 0.05) is 10.5 Å². The number of aliphatic hydroxyl groups excluding tert-OH is 1. The van der Waals surface area contributed by atoms with Gasteiger partial charge in [-0.3, -0.25) is 0 Å². The van der Waals surface area contributed by atoms with Crippen molar-refractivity contribution in [1.82, 2.24) is 0 Å². The summed E-state index contributed by atoms with van der Waals surface area (Å²) >= 11 is 8.07. The quantitative estimate of drug-likeness (QED) is 0.504. The number of rotatable bonds is 2. The maximum Gasteiger partial charge on any atom is 0.0766 e. The summed E-state index contributed by atoms with van der Waals surface area (Å²) in [6, 6.07) is 0. The van der Waals surface area contributed by atoms with Gasteiger partial charge in [-0.2, -0.15) is 25.3 Å². The van der Waals surface area contributed by atoms with Crippen molar-refractivity contribution in [3.63, 3.8) is 0 Å². The van der Waals surface area contributed by atoms with E-state index in [9.17, 15) is 0 Å². The zero-order valence-electron chi connectivity index (χ0n) is 5.07. The first-order valence-corrected chi connectivity index (χ1v) is 3.63. The van der Waals surface area contributed by atoms with E-state index < -0.39 is 6.10 Å². The zero-order chi connectivity index (χ0) is 6.73. The molecule has 0 saturated carbocycles. The van der Waals surface area contributed by atoms with Gasteiger partial charge >= 0.3 is 0 Å². The molecule has 0 aliphatic heterocycles. The van der Waals surface area contributed by atoms with E-state index in [0.29, 0.717) is 0 Å². The second-order valence-corrected chi connectivity index (χ2v) is 3.60. The lowest BCUT2D eigenvalue weighted by molar-refractivity contribution is 0.178. The average Bonchev–Trinajstić information content (AvgIpc) is 1.64. The van der Waals surface area contributed by atoms with Crippen molar-refractivity contribution in [2.24, 2.45) is 0 Å². The maximum atomic E-state index is 9.05. The first-order valence-electron chi connectivity index (χ1n) is 2.60. The van der Waals surface area contributed by atoms with E-state index >= 15 is 0 Å². The molecule has 0 aliphatic carbocycles. The Hall–Kier alpha value is 0.660. The zero-order valence-corrected chi connectivity index (χ0v) is 6.86. The molecule has 0 heterocycles. The molecule has 1 nitrogen and oxygen atoms in total. The number of hydrogen-bond donors (Lipinski definition) is 3. The molecule has 1 N–H and O–H groups in total. The summed E-state index contributed by atoms with van der Waals surface area (Å²) in [4.78, 5) is 0. The smallest absolute Gasteiger partial charge is 0.0766 e. The van der Waals surface area contributed by atoms with Crippen LogP contribution in [0.25, 0.3) is 0 Å². The van der Waals surface area contributed by atoms with E-state index in [0.717, 1.165) is 0 Å². The van der Waals surface area contributed by atoms with Crippen LogP contribution in [0.5, 0.6) is 0 Å². The van der Waals surface area contributed by atoms with Gasteiger partial charge in [-0.1, -0.05) is 13.8 Å². The fourth-order valence-electron chi connectivity index (χ4n) is 0.403. The third-order valence-corrected chi connectivity index (χ3v) is 1.60.